The highest BCUT2D eigenvalue weighted by Crippen LogP contribution is 2.45. The van der Waals surface area contributed by atoms with Crippen molar-refractivity contribution in [2.24, 2.45) is 0 Å². The monoisotopic (exact) mass is 294 g/mol. The molecule has 3 nitrogen and oxygen atoms in total. The van der Waals surface area contributed by atoms with E-state index in [0.717, 1.165) is 6.20 Å². The molecule has 2 aromatic rings. The van der Waals surface area contributed by atoms with E-state index in [0.29, 0.717) is 5.56 Å². The lowest BCUT2D eigenvalue weighted by Crippen LogP contribution is -2.32. The van der Waals surface area contributed by atoms with Gasteiger partial charge in [0.2, 0.25) is 5.91 Å². The van der Waals surface area contributed by atoms with Gasteiger partial charge in [-0.2, -0.15) is 0 Å². The van der Waals surface area contributed by atoms with Crippen LogP contribution in [-0.4, -0.2) is 10.9 Å². The van der Waals surface area contributed by atoms with Crippen molar-refractivity contribution >= 4 is 23.3 Å². The number of carbonyl (C=O) groups excluding carboxylic acids is 1. The van der Waals surface area contributed by atoms with Crippen LogP contribution < -0.4 is 5.32 Å². The first-order valence-corrected chi connectivity index (χ1v) is 6.24. The number of rotatable bonds is 1. The van der Waals surface area contributed by atoms with E-state index in [1.165, 1.54) is 24.3 Å². The van der Waals surface area contributed by atoms with Crippen LogP contribution in [0.5, 0.6) is 0 Å². The number of fused-ring (bicyclic) bond motifs is 1. The Morgan fingerprint density at radius 2 is 1.90 bits per heavy atom. The lowest BCUT2D eigenvalue weighted by Gasteiger charge is -2.23. The Balaban J connectivity index is 2.27. The molecule has 1 unspecified atom stereocenters. The number of aromatic nitrogens is 1. The molecule has 0 saturated carbocycles. The predicted octanol–water partition coefficient (Wildman–Crippen LogP) is 3.27. The molecular formula is C14H9ClF2N2O. The number of hydrogen-bond acceptors (Lipinski definition) is 2. The molecule has 1 amide bonds. The minimum Gasteiger partial charge on any atom is -0.309 e. The van der Waals surface area contributed by atoms with E-state index in [-0.39, 0.29) is 22.3 Å². The molecule has 0 fully saturated rings. The fourth-order valence-electron chi connectivity index (χ4n) is 2.42. The van der Waals surface area contributed by atoms with E-state index in [4.69, 9.17) is 11.6 Å². The van der Waals surface area contributed by atoms with Crippen LogP contribution in [0.4, 0.5) is 14.6 Å². The molecule has 2 heterocycles. The van der Waals surface area contributed by atoms with Crippen molar-refractivity contribution in [3.8, 4) is 0 Å². The summed E-state index contributed by atoms with van der Waals surface area (Å²) in [6, 6.07) is 5.44. The molecule has 20 heavy (non-hydrogen) atoms. The fraction of sp³-hybridized carbons (Fsp3) is 0.143. The Morgan fingerprint density at radius 1 is 1.25 bits per heavy atom. The molecule has 3 rings (SSSR count). The summed E-state index contributed by atoms with van der Waals surface area (Å²) in [5.41, 5.74) is -0.407. The second-order valence-electron chi connectivity index (χ2n) is 4.73. The van der Waals surface area contributed by atoms with Crippen molar-refractivity contribution in [3.05, 3.63) is 58.2 Å². The topological polar surface area (TPSA) is 42.0 Å². The Hall–Kier alpha value is -2.01. The summed E-state index contributed by atoms with van der Waals surface area (Å²) < 4.78 is 26.7. The average Bonchev–Trinajstić information content (AvgIpc) is 2.68. The van der Waals surface area contributed by atoms with Crippen molar-refractivity contribution in [1.29, 1.82) is 0 Å². The second-order valence-corrected chi connectivity index (χ2v) is 5.11. The number of nitrogens with zero attached hydrogens (tertiary/aromatic N) is 1. The summed E-state index contributed by atoms with van der Waals surface area (Å²) in [5.74, 6) is -1.26. The van der Waals surface area contributed by atoms with E-state index in [1.54, 1.807) is 6.92 Å². The van der Waals surface area contributed by atoms with Gasteiger partial charge in [-0.25, -0.2) is 13.8 Å². The van der Waals surface area contributed by atoms with Gasteiger partial charge in [0.05, 0.1) is 11.2 Å². The largest absolute Gasteiger partial charge is 0.309 e. The molecule has 0 radical (unpaired) electrons. The number of hydrogen-bond donors (Lipinski definition) is 1. The van der Waals surface area contributed by atoms with Crippen molar-refractivity contribution in [2.45, 2.75) is 12.3 Å². The van der Waals surface area contributed by atoms with Crippen LogP contribution in [0.3, 0.4) is 0 Å². The van der Waals surface area contributed by atoms with Crippen LogP contribution in [0.2, 0.25) is 5.02 Å². The number of amides is 1. The van der Waals surface area contributed by atoms with Gasteiger partial charge in [-0.15, -0.1) is 0 Å². The standard InChI is InChI=1S/C14H9ClF2N2O/c1-14(7-2-4-8(16)5-3-7)10-11(15)9(17)6-18-12(10)19-13(14)20/h2-6H,1H3,(H,18,19,20). The van der Waals surface area contributed by atoms with Crippen molar-refractivity contribution < 1.29 is 13.6 Å². The minimum atomic E-state index is -1.20. The minimum absolute atomic E-state index is 0.153. The van der Waals surface area contributed by atoms with Gasteiger partial charge < -0.3 is 5.32 Å². The maximum atomic E-state index is 13.6. The van der Waals surface area contributed by atoms with Crippen LogP contribution in [0.25, 0.3) is 0 Å². The summed E-state index contributed by atoms with van der Waals surface area (Å²) in [6.07, 6.45) is 0.956. The molecule has 1 atom stereocenters. The smallest absolute Gasteiger partial charge is 0.240 e. The van der Waals surface area contributed by atoms with Gasteiger partial charge in [-0.05, 0) is 24.6 Å². The number of nitrogens with one attached hydrogen (secondary N) is 1. The number of halogens is 3. The van der Waals surface area contributed by atoms with E-state index in [1.807, 2.05) is 0 Å². The zero-order valence-electron chi connectivity index (χ0n) is 10.4. The first-order chi connectivity index (χ1) is 9.44. The highest BCUT2D eigenvalue weighted by atomic mass is 35.5. The first-order valence-electron chi connectivity index (χ1n) is 5.86. The molecule has 1 aromatic carbocycles. The highest BCUT2D eigenvalue weighted by molar-refractivity contribution is 6.33. The normalized spacial score (nSPS) is 20.7. The fourth-order valence-corrected chi connectivity index (χ4v) is 2.75. The molecule has 0 saturated heterocycles. The molecule has 1 aliphatic heterocycles. The summed E-state index contributed by atoms with van der Waals surface area (Å²) in [4.78, 5) is 16.1. The summed E-state index contributed by atoms with van der Waals surface area (Å²) in [6.45, 7) is 1.61. The van der Waals surface area contributed by atoms with Gasteiger partial charge in [0.25, 0.3) is 0 Å². The Kier molecular flexibility index (Phi) is 2.76. The molecule has 0 aliphatic carbocycles. The zero-order chi connectivity index (χ0) is 14.5. The predicted molar refractivity (Wildman–Crippen MR) is 70.7 cm³/mol. The molecule has 0 bridgehead atoms. The summed E-state index contributed by atoms with van der Waals surface area (Å²) >= 11 is 5.99. The number of carbonyl (C=O) groups is 1. The van der Waals surface area contributed by atoms with Crippen LogP contribution >= 0.6 is 11.6 Å². The zero-order valence-corrected chi connectivity index (χ0v) is 11.1. The maximum Gasteiger partial charge on any atom is 0.240 e. The molecule has 1 aromatic heterocycles. The summed E-state index contributed by atoms with van der Waals surface area (Å²) in [7, 11) is 0. The second kappa shape index (κ2) is 4.24. The average molecular weight is 295 g/mol. The van der Waals surface area contributed by atoms with Gasteiger partial charge >= 0.3 is 0 Å². The quantitative estimate of drug-likeness (QED) is 0.877. The van der Waals surface area contributed by atoms with Crippen LogP contribution in [0, 0.1) is 11.6 Å². The lowest BCUT2D eigenvalue weighted by molar-refractivity contribution is -0.119. The molecule has 6 heteroatoms. The molecule has 0 spiro atoms. The Labute approximate surface area is 118 Å². The Bertz CT molecular complexity index is 718. The van der Waals surface area contributed by atoms with E-state index in [9.17, 15) is 13.6 Å². The molecule has 1 N–H and O–H groups in total. The third kappa shape index (κ3) is 1.63. The Morgan fingerprint density at radius 3 is 2.55 bits per heavy atom. The van der Waals surface area contributed by atoms with E-state index in [2.05, 4.69) is 10.3 Å². The summed E-state index contributed by atoms with van der Waals surface area (Å²) in [5, 5.41) is 2.42. The van der Waals surface area contributed by atoms with Crippen LogP contribution in [0.15, 0.2) is 30.5 Å². The van der Waals surface area contributed by atoms with Crippen molar-refractivity contribution in [1.82, 2.24) is 4.98 Å². The molecule has 102 valence electrons. The maximum absolute atomic E-state index is 13.6. The SMILES string of the molecule is CC1(c2ccc(F)cc2)C(=O)Nc2ncc(F)c(Cl)c21. The van der Waals surface area contributed by atoms with Gasteiger partial charge in [0, 0.05) is 5.56 Å². The van der Waals surface area contributed by atoms with E-state index < -0.39 is 17.0 Å². The van der Waals surface area contributed by atoms with Crippen LogP contribution in [-0.2, 0) is 10.2 Å². The number of pyridine rings is 1. The third-order valence-electron chi connectivity index (χ3n) is 3.58. The third-order valence-corrected chi connectivity index (χ3v) is 3.95. The number of benzene rings is 1. The van der Waals surface area contributed by atoms with Gasteiger partial charge in [-0.3, -0.25) is 4.79 Å². The van der Waals surface area contributed by atoms with Crippen molar-refractivity contribution in [2.75, 3.05) is 5.32 Å². The van der Waals surface area contributed by atoms with E-state index >= 15 is 0 Å². The highest BCUT2D eigenvalue weighted by Gasteiger charge is 2.47. The molecule has 1 aliphatic rings. The van der Waals surface area contributed by atoms with Gasteiger partial charge in [0.1, 0.15) is 17.1 Å². The van der Waals surface area contributed by atoms with Crippen molar-refractivity contribution in [3.63, 3.8) is 0 Å². The first kappa shape index (κ1) is 13.0. The van der Waals surface area contributed by atoms with Crippen LogP contribution in [0.1, 0.15) is 18.1 Å². The van der Waals surface area contributed by atoms with Gasteiger partial charge in [0.15, 0.2) is 5.82 Å². The van der Waals surface area contributed by atoms with Gasteiger partial charge in [-0.1, -0.05) is 23.7 Å². The lowest BCUT2D eigenvalue weighted by atomic mass is 9.78. The number of anilines is 1. The molecular weight excluding hydrogens is 286 g/mol.